The van der Waals surface area contributed by atoms with Gasteiger partial charge in [-0.1, -0.05) is 6.07 Å². The van der Waals surface area contributed by atoms with Crippen LogP contribution in [0.25, 0.3) is 0 Å². The van der Waals surface area contributed by atoms with Gasteiger partial charge in [0.05, 0.1) is 5.69 Å². The third-order valence-corrected chi connectivity index (χ3v) is 4.22. The number of rotatable bonds is 2. The minimum atomic E-state index is -1.04. The van der Waals surface area contributed by atoms with E-state index in [2.05, 4.69) is 0 Å². The zero-order valence-electron chi connectivity index (χ0n) is 8.99. The van der Waals surface area contributed by atoms with Crippen molar-refractivity contribution in [1.29, 1.82) is 0 Å². The predicted molar refractivity (Wildman–Crippen MR) is 63.9 cm³/mol. The molecule has 5 heteroatoms. The van der Waals surface area contributed by atoms with E-state index in [1.54, 1.807) is 10.4 Å². The van der Waals surface area contributed by atoms with Gasteiger partial charge in [-0.25, -0.2) is 8.60 Å². The lowest BCUT2D eigenvalue weighted by molar-refractivity contribution is 0.625. The Morgan fingerprint density at radius 2 is 2.25 bits per heavy atom. The summed E-state index contributed by atoms with van der Waals surface area (Å²) in [5.74, 6) is 0.343. The van der Waals surface area contributed by atoms with Gasteiger partial charge in [-0.2, -0.15) is 0 Å². The highest BCUT2D eigenvalue weighted by Gasteiger charge is 2.20. The number of hydrogen-bond donors (Lipinski definition) is 1. The fraction of sp³-hybridized carbons (Fsp3) is 0.455. The van der Waals surface area contributed by atoms with E-state index in [0.717, 1.165) is 18.4 Å². The van der Waals surface area contributed by atoms with Crippen molar-refractivity contribution in [3.05, 3.63) is 29.6 Å². The van der Waals surface area contributed by atoms with Crippen molar-refractivity contribution in [2.45, 2.75) is 19.4 Å². The summed E-state index contributed by atoms with van der Waals surface area (Å²) in [7, 11) is -1.04. The van der Waals surface area contributed by atoms with Gasteiger partial charge < -0.3 is 5.73 Å². The van der Waals surface area contributed by atoms with Crippen molar-refractivity contribution in [1.82, 2.24) is 0 Å². The fourth-order valence-corrected chi connectivity index (χ4v) is 3.26. The van der Waals surface area contributed by atoms with Crippen LogP contribution in [-0.2, 0) is 17.5 Å². The van der Waals surface area contributed by atoms with Crippen LogP contribution in [0.15, 0.2) is 18.2 Å². The number of halogens is 1. The molecule has 1 aliphatic rings. The van der Waals surface area contributed by atoms with E-state index in [9.17, 15) is 8.60 Å². The van der Waals surface area contributed by atoms with Crippen LogP contribution in [0.1, 0.15) is 18.4 Å². The van der Waals surface area contributed by atoms with Crippen molar-refractivity contribution in [2.75, 3.05) is 16.6 Å². The zero-order chi connectivity index (χ0) is 11.5. The monoisotopic (exact) mass is 242 g/mol. The lowest BCUT2D eigenvalue weighted by atomic mass is 10.1. The Hall–Kier alpha value is -0.940. The number of nitrogens with zero attached hydrogens (tertiary/aromatic N) is 1. The molecule has 1 aliphatic heterocycles. The summed E-state index contributed by atoms with van der Waals surface area (Å²) in [6, 6.07) is 4.47. The Morgan fingerprint density at radius 3 is 2.94 bits per heavy atom. The molecule has 0 aliphatic carbocycles. The van der Waals surface area contributed by atoms with Crippen molar-refractivity contribution < 1.29 is 8.60 Å². The van der Waals surface area contributed by atoms with E-state index in [1.807, 2.05) is 0 Å². The third kappa shape index (κ3) is 2.25. The first-order chi connectivity index (χ1) is 7.72. The molecule has 0 spiro atoms. The highest BCUT2D eigenvalue weighted by molar-refractivity contribution is 7.86. The van der Waals surface area contributed by atoms with Gasteiger partial charge in [0.15, 0.2) is 0 Å². The van der Waals surface area contributed by atoms with Crippen LogP contribution in [0.5, 0.6) is 0 Å². The van der Waals surface area contributed by atoms with E-state index in [0.29, 0.717) is 24.5 Å². The molecule has 16 heavy (non-hydrogen) atoms. The molecule has 0 saturated carbocycles. The molecule has 2 N–H and O–H groups in total. The van der Waals surface area contributed by atoms with Crippen LogP contribution >= 0.6 is 0 Å². The molecule has 1 heterocycles. The molecule has 0 aromatic heterocycles. The van der Waals surface area contributed by atoms with Gasteiger partial charge in [-0.15, -0.1) is 0 Å². The molecule has 1 saturated heterocycles. The van der Waals surface area contributed by atoms with Crippen molar-refractivity contribution in [3.8, 4) is 0 Å². The van der Waals surface area contributed by atoms with Crippen LogP contribution in [0.4, 0.5) is 10.1 Å². The summed E-state index contributed by atoms with van der Waals surface area (Å²) in [6.45, 7) is 1.05. The van der Waals surface area contributed by atoms with Gasteiger partial charge in [0, 0.05) is 18.8 Å². The van der Waals surface area contributed by atoms with Gasteiger partial charge in [0.1, 0.15) is 16.8 Å². The molecule has 1 aromatic rings. The summed E-state index contributed by atoms with van der Waals surface area (Å²) >= 11 is 0. The van der Waals surface area contributed by atoms with Gasteiger partial charge in [0.25, 0.3) is 0 Å². The fourth-order valence-electron chi connectivity index (χ4n) is 1.86. The van der Waals surface area contributed by atoms with Crippen LogP contribution in [0.3, 0.4) is 0 Å². The molecular formula is C11H15FN2OS. The Morgan fingerprint density at radius 1 is 1.44 bits per heavy atom. The van der Waals surface area contributed by atoms with E-state index in [-0.39, 0.29) is 5.82 Å². The second-order valence-electron chi connectivity index (χ2n) is 3.81. The van der Waals surface area contributed by atoms with Gasteiger partial charge in [0.2, 0.25) is 0 Å². The first kappa shape index (κ1) is 11.5. The topological polar surface area (TPSA) is 46.3 Å². The summed E-state index contributed by atoms with van der Waals surface area (Å²) < 4.78 is 26.8. The Labute approximate surface area is 97.0 Å². The lowest BCUT2D eigenvalue weighted by Crippen LogP contribution is -2.34. The number of hydrogen-bond acceptors (Lipinski definition) is 2. The van der Waals surface area contributed by atoms with Gasteiger partial charge in [-0.3, -0.25) is 4.31 Å². The predicted octanol–water partition coefficient (Wildman–Crippen LogP) is 1.55. The average Bonchev–Trinajstić information content (AvgIpc) is 2.29. The molecule has 2 rings (SSSR count). The maximum atomic E-state index is 13.2. The van der Waals surface area contributed by atoms with Crippen molar-refractivity contribution in [3.63, 3.8) is 0 Å². The maximum absolute atomic E-state index is 13.2. The maximum Gasteiger partial charge on any atom is 0.125 e. The Balaban J connectivity index is 2.36. The van der Waals surface area contributed by atoms with Crippen LogP contribution in [0, 0.1) is 5.82 Å². The molecular weight excluding hydrogens is 227 g/mol. The van der Waals surface area contributed by atoms with E-state index in [4.69, 9.17) is 5.73 Å². The number of nitrogens with two attached hydrogens (primary N) is 1. The molecule has 88 valence electrons. The minimum absolute atomic E-state index is 0.310. The first-order valence-corrected chi connectivity index (χ1v) is 6.64. The second kappa shape index (κ2) is 4.93. The molecule has 1 aromatic carbocycles. The minimum Gasteiger partial charge on any atom is -0.326 e. The summed E-state index contributed by atoms with van der Waals surface area (Å²) in [5, 5.41) is 0. The normalized spacial score (nSPS) is 21.1. The van der Waals surface area contributed by atoms with E-state index >= 15 is 0 Å². The molecule has 0 radical (unpaired) electrons. The quantitative estimate of drug-likeness (QED) is 0.855. The average molecular weight is 242 g/mol. The lowest BCUT2D eigenvalue weighted by Gasteiger charge is -2.29. The number of benzene rings is 1. The van der Waals surface area contributed by atoms with Gasteiger partial charge >= 0.3 is 0 Å². The molecule has 0 bridgehead atoms. The van der Waals surface area contributed by atoms with Crippen LogP contribution in [0.2, 0.25) is 0 Å². The molecule has 0 amide bonds. The molecule has 1 fully saturated rings. The third-order valence-electron chi connectivity index (χ3n) is 2.71. The number of anilines is 1. The summed E-state index contributed by atoms with van der Waals surface area (Å²) in [6.07, 6.45) is 1.96. The van der Waals surface area contributed by atoms with E-state index < -0.39 is 11.0 Å². The van der Waals surface area contributed by atoms with Crippen molar-refractivity contribution in [2.24, 2.45) is 5.73 Å². The highest BCUT2D eigenvalue weighted by atomic mass is 32.2. The Kier molecular flexibility index (Phi) is 3.56. The van der Waals surface area contributed by atoms with Crippen LogP contribution < -0.4 is 10.0 Å². The van der Waals surface area contributed by atoms with Crippen molar-refractivity contribution >= 4 is 16.7 Å². The zero-order valence-corrected chi connectivity index (χ0v) is 9.80. The van der Waals surface area contributed by atoms with Gasteiger partial charge in [-0.05, 0) is 30.5 Å². The second-order valence-corrected chi connectivity index (χ2v) is 5.30. The van der Waals surface area contributed by atoms with E-state index in [1.165, 1.54) is 12.1 Å². The highest BCUT2D eigenvalue weighted by Crippen LogP contribution is 2.26. The smallest absolute Gasteiger partial charge is 0.125 e. The molecule has 3 nitrogen and oxygen atoms in total. The molecule has 1 atom stereocenters. The Bertz CT molecular complexity index is 411. The molecule has 1 unspecified atom stereocenters. The summed E-state index contributed by atoms with van der Waals surface area (Å²) in [5.41, 5.74) is 7.13. The largest absolute Gasteiger partial charge is 0.326 e. The first-order valence-electron chi connectivity index (χ1n) is 5.37. The standard InChI is InChI=1S/C11H15FN2OS/c12-10-4-3-9(8-13)11(7-10)14-5-1-2-6-16(14)15/h3-4,7H,1-2,5-6,8,13H2. The van der Waals surface area contributed by atoms with Crippen LogP contribution in [-0.4, -0.2) is 16.5 Å². The SMILES string of the molecule is NCc1ccc(F)cc1N1CCCCS1=O. The summed E-state index contributed by atoms with van der Waals surface area (Å²) in [4.78, 5) is 0.